The molecule has 0 atom stereocenters. The second kappa shape index (κ2) is 11.4. The van der Waals surface area contributed by atoms with E-state index >= 15 is 0 Å². The molecule has 0 spiro atoms. The quantitative estimate of drug-likeness (QED) is 0.282. The molecule has 3 rings (SSSR count). The molecule has 1 aliphatic rings. The Labute approximate surface area is 179 Å². The van der Waals surface area contributed by atoms with Crippen molar-refractivity contribution in [1.29, 1.82) is 0 Å². The third-order valence-corrected chi connectivity index (χ3v) is 6.74. The van der Waals surface area contributed by atoms with E-state index in [2.05, 4.69) is 19.1 Å². The summed E-state index contributed by atoms with van der Waals surface area (Å²) in [5.41, 5.74) is 1.89. The van der Waals surface area contributed by atoms with Gasteiger partial charge in [-0.3, -0.25) is 4.79 Å². The first-order valence-electron chi connectivity index (χ1n) is 11.7. The van der Waals surface area contributed by atoms with E-state index in [1.165, 1.54) is 88.3 Å². The van der Waals surface area contributed by atoms with Crippen molar-refractivity contribution >= 4 is 6.29 Å². The molecule has 2 aromatic carbocycles. The summed E-state index contributed by atoms with van der Waals surface area (Å²) in [5, 5.41) is 0. The Kier molecular flexibility index (Phi) is 8.60. The fraction of sp³-hybridized carbons (Fsp3) is 0.519. The van der Waals surface area contributed by atoms with Crippen molar-refractivity contribution in [2.75, 3.05) is 0 Å². The molecular weight excluding hydrogens is 378 g/mol. The molecule has 1 nitrogen and oxygen atoms in total. The molecule has 3 heteroatoms. The Morgan fingerprint density at radius 3 is 2.17 bits per heavy atom. The van der Waals surface area contributed by atoms with Crippen molar-refractivity contribution in [3.63, 3.8) is 0 Å². The average molecular weight is 413 g/mol. The lowest BCUT2D eigenvalue weighted by Gasteiger charge is -2.29. The monoisotopic (exact) mass is 412 g/mol. The molecule has 0 heterocycles. The molecule has 0 aliphatic heterocycles. The van der Waals surface area contributed by atoms with Crippen molar-refractivity contribution in [1.82, 2.24) is 0 Å². The average Bonchev–Trinajstić information content (AvgIpc) is 2.78. The minimum absolute atomic E-state index is 0.201. The summed E-state index contributed by atoms with van der Waals surface area (Å²) in [6, 6.07) is 10.7. The van der Waals surface area contributed by atoms with Gasteiger partial charge in [-0.05, 0) is 54.7 Å². The van der Waals surface area contributed by atoms with Gasteiger partial charge in [0.1, 0.15) is 0 Å². The maximum absolute atomic E-state index is 14.3. The Morgan fingerprint density at radius 1 is 0.833 bits per heavy atom. The van der Waals surface area contributed by atoms with Crippen LogP contribution in [-0.4, -0.2) is 6.29 Å². The SMILES string of the molecule is CCCCCCCCC1CCC(c2ccc(-c3ccc(C=O)c(F)c3F)cc2)CC1. The molecule has 0 N–H and O–H groups in total. The zero-order valence-corrected chi connectivity index (χ0v) is 18.1. The Morgan fingerprint density at radius 2 is 1.50 bits per heavy atom. The number of aldehydes is 1. The number of benzene rings is 2. The lowest BCUT2D eigenvalue weighted by molar-refractivity contribution is 0.111. The summed E-state index contributed by atoms with van der Waals surface area (Å²) in [5.74, 6) is -0.586. The molecule has 0 radical (unpaired) electrons. The van der Waals surface area contributed by atoms with E-state index in [0.717, 1.165) is 5.92 Å². The molecule has 0 amide bonds. The number of rotatable bonds is 10. The van der Waals surface area contributed by atoms with Crippen LogP contribution in [0.25, 0.3) is 11.1 Å². The predicted octanol–water partition coefficient (Wildman–Crippen LogP) is 8.47. The molecule has 0 saturated heterocycles. The van der Waals surface area contributed by atoms with Crippen LogP contribution in [0.4, 0.5) is 8.78 Å². The van der Waals surface area contributed by atoms with Gasteiger partial charge in [0.15, 0.2) is 17.9 Å². The van der Waals surface area contributed by atoms with E-state index in [-0.39, 0.29) is 11.1 Å². The Bertz CT molecular complexity index is 804. The number of hydrogen-bond donors (Lipinski definition) is 0. The van der Waals surface area contributed by atoms with Gasteiger partial charge in [0.2, 0.25) is 0 Å². The number of halogens is 2. The molecule has 0 bridgehead atoms. The zero-order chi connectivity index (χ0) is 21.3. The predicted molar refractivity (Wildman–Crippen MR) is 120 cm³/mol. The summed E-state index contributed by atoms with van der Waals surface area (Å²) < 4.78 is 28.2. The van der Waals surface area contributed by atoms with Crippen LogP contribution < -0.4 is 0 Å². The van der Waals surface area contributed by atoms with Gasteiger partial charge < -0.3 is 0 Å². The molecule has 1 fully saturated rings. The van der Waals surface area contributed by atoms with E-state index < -0.39 is 11.6 Å². The maximum Gasteiger partial charge on any atom is 0.169 e. The Hall–Kier alpha value is -2.03. The first kappa shape index (κ1) is 22.7. The minimum atomic E-state index is -1.07. The molecule has 30 heavy (non-hydrogen) atoms. The highest BCUT2D eigenvalue weighted by Gasteiger charge is 2.22. The van der Waals surface area contributed by atoms with Crippen molar-refractivity contribution in [3.05, 3.63) is 59.2 Å². The molecule has 2 aromatic rings. The first-order valence-corrected chi connectivity index (χ1v) is 11.7. The summed E-state index contributed by atoms with van der Waals surface area (Å²) in [6.07, 6.45) is 15.0. The summed E-state index contributed by atoms with van der Waals surface area (Å²) in [7, 11) is 0. The van der Waals surface area contributed by atoms with Crippen molar-refractivity contribution in [3.8, 4) is 11.1 Å². The van der Waals surface area contributed by atoms with Crippen LogP contribution in [0.1, 0.15) is 99.4 Å². The summed E-state index contributed by atoms with van der Waals surface area (Å²) in [6.45, 7) is 2.26. The number of carbonyl (C=O) groups is 1. The smallest absolute Gasteiger partial charge is 0.169 e. The van der Waals surface area contributed by atoms with Gasteiger partial charge in [0.05, 0.1) is 5.56 Å². The highest BCUT2D eigenvalue weighted by molar-refractivity contribution is 5.77. The molecule has 0 aromatic heterocycles. The minimum Gasteiger partial charge on any atom is -0.298 e. The number of hydrogen-bond acceptors (Lipinski definition) is 1. The molecule has 1 saturated carbocycles. The second-order valence-electron chi connectivity index (χ2n) is 8.84. The molecule has 1 aliphatic carbocycles. The fourth-order valence-electron chi connectivity index (χ4n) is 4.81. The van der Waals surface area contributed by atoms with Gasteiger partial charge in [-0.2, -0.15) is 0 Å². The van der Waals surface area contributed by atoms with Gasteiger partial charge in [-0.15, -0.1) is 0 Å². The third-order valence-electron chi connectivity index (χ3n) is 6.74. The third kappa shape index (κ3) is 5.77. The first-order chi connectivity index (χ1) is 14.6. The topological polar surface area (TPSA) is 17.1 Å². The van der Waals surface area contributed by atoms with Gasteiger partial charge in [0, 0.05) is 5.56 Å². The number of unbranched alkanes of at least 4 members (excludes halogenated alkanes) is 5. The highest BCUT2D eigenvalue weighted by Crippen LogP contribution is 2.38. The molecular formula is C27H34F2O. The van der Waals surface area contributed by atoms with Gasteiger partial charge >= 0.3 is 0 Å². The Balaban J connectivity index is 1.51. The zero-order valence-electron chi connectivity index (χ0n) is 18.1. The maximum atomic E-state index is 14.3. The van der Waals surface area contributed by atoms with Crippen molar-refractivity contribution < 1.29 is 13.6 Å². The summed E-state index contributed by atoms with van der Waals surface area (Å²) >= 11 is 0. The lowest BCUT2D eigenvalue weighted by atomic mass is 9.77. The van der Waals surface area contributed by atoms with Crippen LogP contribution in [0.15, 0.2) is 36.4 Å². The van der Waals surface area contributed by atoms with E-state index in [4.69, 9.17) is 0 Å². The van der Waals surface area contributed by atoms with Crippen LogP contribution in [0.2, 0.25) is 0 Å². The van der Waals surface area contributed by atoms with Crippen molar-refractivity contribution in [2.24, 2.45) is 5.92 Å². The number of carbonyl (C=O) groups excluding carboxylic acids is 1. The van der Waals surface area contributed by atoms with Gasteiger partial charge in [-0.25, -0.2) is 8.78 Å². The normalized spacial score (nSPS) is 19.0. The molecule has 0 unspecified atom stereocenters. The van der Waals surface area contributed by atoms with Crippen LogP contribution in [0.3, 0.4) is 0 Å². The molecule has 162 valence electrons. The van der Waals surface area contributed by atoms with E-state index in [1.807, 2.05) is 12.1 Å². The van der Waals surface area contributed by atoms with Crippen LogP contribution >= 0.6 is 0 Å². The lowest BCUT2D eigenvalue weighted by Crippen LogP contribution is -2.13. The van der Waals surface area contributed by atoms with Crippen LogP contribution in [-0.2, 0) is 0 Å². The van der Waals surface area contributed by atoms with Gasteiger partial charge in [0.25, 0.3) is 0 Å². The van der Waals surface area contributed by atoms with E-state index in [1.54, 1.807) is 0 Å². The van der Waals surface area contributed by atoms with E-state index in [0.29, 0.717) is 17.8 Å². The summed E-state index contributed by atoms with van der Waals surface area (Å²) in [4.78, 5) is 10.8. The van der Waals surface area contributed by atoms with E-state index in [9.17, 15) is 13.6 Å². The second-order valence-corrected chi connectivity index (χ2v) is 8.84. The standard InChI is InChI=1S/C27H34F2O/c1-2-3-4-5-6-7-8-20-9-11-21(12-10-20)22-13-15-23(16-14-22)25-18-17-24(19-30)26(28)27(25)29/h13-21H,2-12H2,1H3. The largest absolute Gasteiger partial charge is 0.298 e. The fourth-order valence-corrected chi connectivity index (χ4v) is 4.81. The van der Waals surface area contributed by atoms with Gasteiger partial charge in [-0.1, -0.05) is 82.2 Å². The highest BCUT2D eigenvalue weighted by atomic mass is 19.2. The van der Waals surface area contributed by atoms with Crippen LogP contribution in [0, 0.1) is 17.6 Å². The van der Waals surface area contributed by atoms with Crippen molar-refractivity contribution in [2.45, 2.75) is 83.5 Å². The van der Waals surface area contributed by atoms with Crippen LogP contribution in [0.5, 0.6) is 0 Å².